The minimum atomic E-state index is -3.30. The summed E-state index contributed by atoms with van der Waals surface area (Å²) in [7, 11) is -1.73. The van der Waals surface area contributed by atoms with E-state index in [-0.39, 0.29) is 11.5 Å². The van der Waals surface area contributed by atoms with E-state index in [2.05, 4.69) is 15.9 Å². The van der Waals surface area contributed by atoms with Gasteiger partial charge in [0.1, 0.15) is 12.4 Å². The van der Waals surface area contributed by atoms with Crippen LogP contribution in [-0.4, -0.2) is 34.4 Å². The van der Waals surface area contributed by atoms with Gasteiger partial charge in [0.25, 0.3) is 0 Å². The van der Waals surface area contributed by atoms with Crippen LogP contribution in [0.4, 0.5) is 0 Å². The third-order valence-corrected chi connectivity index (χ3v) is 6.09. The molecule has 0 aromatic heterocycles. The molecular weight excluding hydrogens is 420 g/mol. The number of carbonyl (C=O) groups excluding carboxylic acids is 1. The van der Waals surface area contributed by atoms with Gasteiger partial charge in [-0.1, -0.05) is 18.2 Å². The van der Waals surface area contributed by atoms with E-state index in [1.165, 1.54) is 6.26 Å². The maximum absolute atomic E-state index is 12.3. The number of benzene rings is 2. The molecule has 0 N–H and O–H groups in total. The van der Waals surface area contributed by atoms with Crippen LogP contribution < -0.4 is 4.74 Å². The number of aryl methyl sites for hydroxylation is 1. The van der Waals surface area contributed by atoms with Gasteiger partial charge in [0.15, 0.2) is 9.84 Å². The molecule has 2 aromatic carbocycles. The first-order chi connectivity index (χ1) is 12.2. The smallest absolute Gasteiger partial charge is 0.339 e. The summed E-state index contributed by atoms with van der Waals surface area (Å²) >= 11 is 3.43. The molecule has 0 saturated heterocycles. The van der Waals surface area contributed by atoms with Crippen LogP contribution in [0.25, 0.3) is 11.1 Å². The Labute approximate surface area is 160 Å². The lowest BCUT2D eigenvalue weighted by Crippen LogP contribution is -2.01. The van der Waals surface area contributed by atoms with Crippen LogP contribution in [0, 0.1) is 6.92 Å². The van der Waals surface area contributed by atoms with Crippen molar-refractivity contribution in [2.75, 3.05) is 20.0 Å². The van der Waals surface area contributed by atoms with Crippen molar-refractivity contribution in [3.8, 4) is 5.75 Å². The molecule has 2 aromatic rings. The first kappa shape index (κ1) is 18.7. The zero-order valence-corrected chi connectivity index (χ0v) is 16.9. The highest BCUT2D eigenvalue weighted by Gasteiger charge is 2.28. The van der Waals surface area contributed by atoms with E-state index in [4.69, 9.17) is 9.47 Å². The van der Waals surface area contributed by atoms with Crippen LogP contribution in [0.15, 0.2) is 45.8 Å². The van der Waals surface area contributed by atoms with Gasteiger partial charge in [-0.3, -0.25) is 0 Å². The minimum Gasteiger partial charge on any atom is -0.496 e. The second-order valence-electron chi connectivity index (χ2n) is 6.03. The number of halogens is 1. The summed E-state index contributed by atoms with van der Waals surface area (Å²) in [5, 5.41) is 0. The number of sulfone groups is 1. The standard InChI is InChI=1S/C19H17BrO5S/c1-11-8-12(5-7-17(11)26(3,22)23)14-10-25-19(21)18(14)13-4-6-16(24-2)15(20)9-13/h4-9H,10H2,1-3H3. The minimum absolute atomic E-state index is 0.148. The van der Waals surface area contributed by atoms with Gasteiger partial charge in [-0.05, 0) is 57.7 Å². The highest BCUT2D eigenvalue weighted by atomic mass is 79.9. The summed E-state index contributed by atoms with van der Waals surface area (Å²) in [6, 6.07) is 10.4. The fourth-order valence-corrected chi connectivity index (χ4v) is 4.50. The Kier molecular flexibility index (Phi) is 4.94. The van der Waals surface area contributed by atoms with Gasteiger partial charge >= 0.3 is 5.97 Å². The molecule has 0 bridgehead atoms. The van der Waals surface area contributed by atoms with Crippen LogP contribution in [0.1, 0.15) is 16.7 Å². The quantitative estimate of drug-likeness (QED) is 0.684. The van der Waals surface area contributed by atoms with Crippen molar-refractivity contribution < 1.29 is 22.7 Å². The first-order valence-electron chi connectivity index (χ1n) is 7.77. The average Bonchev–Trinajstić information content (AvgIpc) is 2.95. The predicted octanol–water partition coefficient (Wildman–Crippen LogP) is 3.64. The Balaban J connectivity index is 2.14. The molecule has 5 nitrogen and oxygen atoms in total. The van der Waals surface area contributed by atoms with E-state index in [1.54, 1.807) is 50.4 Å². The Hall–Kier alpha value is -2.12. The molecule has 0 fully saturated rings. The van der Waals surface area contributed by atoms with Gasteiger partial charge in [0, 0.05) is 11.8 Å². The molecular formula is C19H17BrO5S. The van der Waals surface area contributed by atoms with E-state index in [0.29, 0.717) is 22.4 Å². The van der Waals surface area contributed by atoms with Gasteiger partial charge < -0.3 is 9.47 Å². The Morgan fingerprint density at radius 3 is 2.38 bits per heavy atom. The molecule has 1 aliphatic rings. The maximum atomic E-state index is 12.3. The summed E-state index contributed by atoms with van der Waals surface area (Å²) < 4.78 is 34.8. The van der Waals surface area contributed by atoms with Crippen LogP contribution in [-0.2, 0) is 19.4 Å². The van der Waals surface area contributed by atoms with E-state index < -0.39 is 15.8 Å². The maximum Gasteiger partial charge on any atom is 0.339 e. The van der Waals surface area contributed by atoms with Crippen LogP contribution in [0.2, 0.25) is 0 Å². The van der Waals surface area contributed by atoms with Gasteiger partial charge in [-0.25, -0.2) is 13.2 Å². The average molecular weight is 437 g/mol. The molecule has 0 spiro atoms. The zero-order chi connectivity index (χ0) is 19.1. The fraction of sp³-hybridized carbons (Fsp3) is 0.211. The molecule has 1 heterocycles. The monoisotopic (exact) mass is 436 g/mol. The summed E-state index contributed by atoms with van der Waals surface area (Å²) in [4.78, 5) is 12.6. The van der Waals surface area contributed by atoms with Gasteiger partial charge in [0.2, 0.25) is 0 Å². The van der Waals surface area contributed by atoms with Gasteiger partial charge in [0.05, 0.1) is 22.1 Å². The van der Waals surface area contributed by atoms with Crippen LogP contribution >= 0.6 is 15.9 Å². The lowest BCUT2D eigenvalue weighted by molar-refractivity contribution is -0.133. The van der Waals surface area contributed by atoms with E-state index >= 15 is 0 Å². The highest BCUT2D eigenvalue weighted by Crippen LogP contribution is 2.36. The molecule has 136 valence electrons. The summed E-state index contributed by atoms with van der Waals surface area (Å²) in [6.45, 7) is 1.89. The Bertz CT molecular complexity index is 1040. The largest absolute Gasteiger partial charge is 0.496 e. The van der Waals surface area contributed by atoms with Crippen molar-refractivity contribution in [2.24, 2.45) is 0 Å². The van der Waals surface area contributed by atoms with E-state index in [0.717, 1.165) is 15.6 Å². The molecule has 0 unspecified atom stereocenters. The second-order valence-corrected chi connectivity index (χ2v) is 8.87. The third-order valence-electron chi connectivity index (χ3n) is 4.22. The zero-order valence-electron chi connectivity index (χ0n) is 14.5. The number of ether oxygens (including phenoxy) is 2. The van der Waals surface area contributed by atoms with Crippen LogP contribution in [0.5, 0.6) is 5.75 Å². The summed E-state index contributed by atoms with van der Waals surface area (Å²) in [5.74, 6) is 0.262. The van der Waals surface area contributed by atoms with E-state index in [1.807, 2.05) is 0 Å². The van der Waals surface area contributed by atoms with Crippen molar-refractivity contribution in [3.05, 3.63) is 57.6 Å². The van der Waals surface area contributed by atoms with Crippen LogP contribution in [0.3, 0.4) is 0 Å². The molecule has 1 aliphatic heterocycles. The fourth-order valence-electron chi connectivity index (χ4n) is 3.00. The topological polar surface area (TPSA) is 69.7 Å². The van der Waals surface area contributed by atoms with Crippen molar-refractivity contribution in [2.45, 2.75) is 11.8 Å². The lowest BCUT2D eigenvalue weighted by atomic mass is 9.96. The first-order valence-corrected chi connectivity index (χ1v) is 10.5. The Morgan fingerprint density at radius 1 is 1.12 bits per heavy atom. The summed E-state index contributed by atoms with van der Waals surface area (Å²) in [5.41, 5.74) is 3.31. The van der Waals surface area contributed by atoms with Crippen molar-refractivity contribution in [3.63, 3.8) is 0 Å². The molecule has 0 amide bonds. The lowest BCUT2D eigenvalue weighted by Gasteiger charge is -2.10. The van der Waals surface area contributed by atoms with E-state index in [9.17, 15) is 13.2 Å². The number of rotatable bonds is 4. The normalized spacial score (nSPS) is 14.5. The molecule has 0 radical (unpaired) electrons. The number of hydrogen-bond acceptors (Lipinski definition) is 5. The molecule has 26 heavy (non-hydrogen) atoms. The number of cyclic esters (lactones) is 1. The highest BCUT2D eigenvalue weighted by molar-refractivity contribution is 9.10. The summed E-state index contributed by atoms with van der Waals surface area (Å²) in [6.07, 6.45) is 1.18. The number of esters is 1. The molecule has 0 atom stereocenters. The van der Waals surface area contributed by atoms with Crippen molar-refractivity contribution in [1.82, 2.24) is 0 Å². The SMILES string of the molecule is COc1ccc(C2=C(c3ccc(S(C)(=O)=O)c(C)c3)COC2=O)cc1Br. The molecule has 0 aliphatic carbocycles. The molecule has 3 rings (SSSR count). The number of carbonyl (C=O) groups is 1. The van der Waals surface area contributed by atoms with Gasteiger partial charge in [-0.2, -0.15) is 0 Å². The molecule has 7 heteroatoms. The van der Waals surface area contributed by atoms with Crippen molar-refractivity contribution >= 4 is 42.9 Å². The third kappa shape index (κ3) is 3.41. The Morgan fingerprint density at radius 2 is 1.81 bits per heavy atom. The molecule has 0 saturated carbocycles. The second kappa shape index (κ2) is 6.89. The number of hydrogen-bond donors (Lipinski definition) is 0. The van der Waals surface area contributed by atoms with Crippen molar-refractivity contribution in [1.29, 1.82) is 0 Å². The van der Waals surface area contributed by atoms with Gasteiger partial charge in [-0.15, -0.1) is 0 Å². The number of methoxy groups -OCH3 is 1. The predicted molar refractivity (Wildman–Crippen MR) is 103 cm³/mol.